The van der Waals surface area contributed by atoms with Gasteiger partial charge in [-0.25, -0.2) is 4.39 Å². The quantitative estimate of drug-likeness (QED) is 0.668. The summed E-state index contributed by atoms with van der Waals surface area (Å²) in [6.45, 7) is 2.02. The van der Waals surface area contributed by atoms with Crippen molar-refractivity contribution in [1.82, 2.24) is 4.98 Å². The van der Waals surface area contributed by atoms with Gasteiger partial charge < -0.3 is 5.73 Å². The number of nitrogen functional groups attached to an aromatic ring is 1. The summed E-state index contributed by atoms with van der Waals surface area (Å²) in [5.41, 5.74) is 7.78. The molecular formula is C13H13FN2S. The summed E-state index contributed by atoms with van der Waals surface area (Å²) in [4.78, 5) is 5.16. The molecule has 0 amide bonds. The highest BCUT2D eigenvalue weighted by Gasteiger charge is 2.03. The van der Waals surface area contributed by atoms with Crippen LogP contribution in [0.1, 0.15) is 11.3 Å². The normalized spacial score (nSPS) is 10.5. The molecule has 0 atom stereocenters. The summed E-state index contributed by atoms with van der Waals surface area (Å²) in [7, 11) is 0. The van der Waals surface area contributed by atoms with Gasteiger partial charge >= 0.3 is 0 Å². The van der Waals surface area contributed by atoms with Crippen LogP contribution >= 0.6 is 11.8 Å². The Morgan fingerprint density at radius 1 is 1.35 bits per heavy atom. The van der Waals surface area contributed by atoms with E-state index in [1.807, 2.05) is 25.1 Å². The highest BCUT2D eigenvalue weighted by atomic mass is 32.2. The molecule has 0 fully saturated rings. The first-order valence-corrected chi connectivity index (χ1v) is 6.23. The Hall–Kier alpha value is -1.55. The number of anilines is 1. The van der Waals surface area contributed by atoms with Crippen LogP contribution in [0.2, 0.25) is 0 Å². The minimum Gasteiger partial charge on any atom is -0.396 e. The number of hydrogen-bond donors (Lipinski definition) is 1. The fourth-order valence-electron chi connectivity index (χ4n) is 1.42. The average molecular weight is 248 g/mol. The van der Waals surface area contributed by atoms with Crippen LogP contribution in [0, 0.1) is 12.7 Å². The van der Waals surface area contributed by atoms with E-state index in [9.17, 15) is 4.39 Å². The highest BCUT2D eigenvalue weighted by Crippen LogP contribution is 2.25. The average Bonchev–Trinajstić information content (AvgIpc) is 2.32. The Morgan fingerprint density at radius 3 is 2.88 bits per heavy atom. The standard InChI is InChI=1S/C13H13FN2S/c1-9-3-2-6-16-13(9)8-17-10-4-5-12(15)11(14)7-10/h2-7H,8,15H2,1H3. The SMILES string of the molecule is Cc1cccnc1CSc1ccc(N)c(F)c1. The Bertz CT molecular complexity index is 529. The third-order valence-corrected chi connectivity index (χ3v) is 3.47. The molecule has 17 heavy (non-hydrogen) atoms. The van der Waals surface area contributed by atoms with Gasteiger partial charge in [0.05, 0.1) is 11.4 Å². The summed E-state index contributed by atoms with van der Waals surface area (Å²) < 4.78 is 13.2. The summed E-state index contributed by atoms with van der Waals surface area (Å²) in [5, 5.41) is 0. The van der Waals surface area contributed by atoms with Gasteiger partial charge in [-0.2, -0.15) is 0 Å². The predicted octanol–water partition coefficient (Wildman–Crippen LogP) is 3.40. The summed E-state index contributed by atoms with van der Waals surface area (Å²) in [5.74, 6) is 0.364. The minimum atomic E-state index is -0.368. The van der Waals surface area contributed by atoms with Gasteiger partial charge in [0, 0.05) is 16.8 Å². The molecule has 88 valence electrons. The lowest BCUT2D eigenvalue weighted by Gasteiger charge is -2.05. The number of nitrogens with zero attached hydrogens (tertiary/aromatic N) is 1. The lowest BCUT2D eigenvalue weighted by molar-refractivity contribution is 0.629. The van der Waals surface area contributed by atoms with Crippen LogP contribution in [0.4, 0.5) is 10.1 Å². The molecule has 1 aromatic carbocycles. The van der Waals surface area contributed by atoms with Crippen LogP contribution in [-0.4, -0.2) is 4.98 Å². The van der Waals surface area contributed by atoms with Gasteiger partial charge in [0.2, 0.25) is 0 Å². The van der Waals surface area contributed by atoms with E-state index in [2.05, 4.69) is 4.98 Å². The molecule has 0 aliphatic heterocycles. The van der Waals surface area contributed by atoms with E-state index in [-0.39, 0.29) is 11.5 Å². The monoisotopic (exact) mass is 248 g/mol. The fraction of sp³-hybridized carbons (Fsp3) is 0.154. The maximum atomic E-state index is 13.2. The van der Waals surface area contributed by atoms with E-state index in [1.165, 1.54) is 6.07 Å². The van der Waals surface area contributed by atoms with Crippen molar-refractivity contribution < 1.29 is 4.39 Å². The molecule has 0 aliphatic rings. The summed E-state index contributed by atoms with van der Waals surface area (Å²) >= 11 is 1.55. The number of halogens is 1. The molecule has 0 aliphatic carbocycles. The Balaban J connectivity index is 2.08. The van der Waals surface area contributed by atoms with E-state index in [1.54, 1.807) is 24.0 Å². The summed E-state index contributed by atoms with van der Waals surface area (Å²) in [6, 6.07) is 8.79. The van der Waals surface area contributed by atoms with Gasteiger partial charge in [0.1, 0.15) is 5.82 Å². The Labute approximate surface area is 104 Å². The van der Waals surface area contributed by atoms with Gasteiger partial charge in [-0.15, -0.1) is 11.8 Å². The summed E-state index contributed by atoms with van der Waals surface area (Å²) in [6.07, 6.45) is 1.77. The Morgan fingerprint density at radius 2 is 2.18 bits per heavy atom. The molecule has 1 aromatic heterocycles. The molecule has 0 radical (unpaired) electrons. The van der Waals surface area contributed by atoms with Gasteiger partial charge in [-0.3, -0.25) is 4.98 Å². The Kier molecular flexibility index (Phi) is 3.64. The number of aryl methyl sites for hydroxylation is 1. The molecule has 1 heterocycles. The van der Waals surface area contributed by atoms with Crippen molar-refractivity contribution in [2.75, 3.05) is 5.73 Å². The van der Waals surface area contributed by atoms with E-state index in [0.29, 0.717) is 0 Å². The molecule has 0 saturated heterocycles. The van der Waals surface area contributed by atoms with Gasteiger partial charge in [0.25, 0.3) is 0 Å². The van der Waals surface area contributed by atoms with E-state index < -0.39 is 0 Å². The second kappa shape index (κ2) is 5.19. The second-order valence-corrected chi connectivity index (χ2v) is 4.79. The number of benzene rings is 1. The zero-order chi connectivity index (χ0) is 12.3. The van der Waals surface area contributed by atoms with Crippen molar-refractivity contribution in [1.29, 1.82) is 0 Å². The van der Waals surface area contributed by atoms with Crippen LogP contribution in [0.25, 0.3) is 0 Å². The topological polar surface area (TPSA) is 38.9 Å². The minimum absolute atomic E-state index is 0.184. The highest BCUT2D eigenvalue weighted by molar-refractivity contribution is 7.98. The van der Waals surface area contributed by atoms with Gasteiger partial charge in [-0.05, 0) is 36.8 Å². The zero-order valence-corrected chi connectivity index (χ0v) is 10.3. The van der Waals surface area contributed by atoms with Crippen LogP contribution in [-0.2, 0) is 5.75 Å². The number of pyridine rings is 1. The van der Waals surface area contributed by atoms with Crippen LogP contribution in [0.5, 0.6) is 0 Å². The molecule has 2 N–H and O–H groups in total. The molecule has 0 spiro atoms. The predicted molar refractivity (Wildman–Crippen MR) is 69.3 cm³/mol. The second-order valence-electron chi connectivity index (χ2n) is 3.74. The first-order chi connectivity index (χ1) is 8.16. The molecule has 2 nitrogen and oxygen atoms in total. The smallest absolute Gasteiger partial charge is 0.147 e. The number of nitrogens with two attached hydrogens (primary N) is 1. The van der Waals surface area contributed by atoms with Crippen LogP contribution in [0.15, 0.2) is 41.4 Å². The van der Waals surface area contributed by atoms with Crippen molar-refractivity contribution in [2.45, 2.75) is 17.6 Å². The maximum absolute atomic E-state index is 13.2. The molecule has 4 heteroatoms. The number of hydrogen-bond acceptors (Lipinski definition) is 3. The van der Waals surface area contributed by atoms with E-state index >= 15 is 0 Å². The lowest BCUT2D eigenvalue weighted by Crippen LogP contribution is -1.92. The first kappa shape index (κ1) is 11.9. The molecule has 0 saturated carbocycles. The van der Waals surface area contributed by atoms with E-state index in [4.69, 9.17) is 5.73 Å². The van der Waals surface area contributed by atoms with E-state index in [0.717, 1.165) is 21.9 Å². The number of thioether (sulfide) groups is 1. The maximum Gasteiger partial charge on any atom is 0.147 e. The molecule has 0 bridgehead atoms. The van der Waals surface area contributed by atoms with Crippen molar-refractivity contribution in [3.8, 4) is 0 Å². The van der Waals surface area contributed by atoms with Crippen molar-refractivity contribution in [3.05, 3.63) is 53.6 Å². The van der Waals surface area contributed by atoms with Crippen LogP contribution in [0.3, 0.4) is 0 Å². The van der Waals surface area contributed by atoms with Crippen molar-refractivity contribution >= 4 is 17.4 Å². The third-order valence-electron chi connectivity index (χ3n) is 2.47. The zero-order valence-electron chi connectivity index (χ0n) is 9.48. The fourth-order valence-corrected chi connectivity index (χ4v) is 2.38. The van der Waals surface area contributed by atoms with Gasteiger partial charge in [0.15, 0.2) is 0 Å². The van der Waals surface area contributed by atoms with Crippen molar-refractivity contribution in [3.63, 3.8) is 0 Å². The molecule has 2 aromatic rings. The molecule has 0 unspecified atom stereocenters. The molecule has 2 rings (SSSR count). The lowest BCUT2D eigenvalue weighted by atomic mass is 10.2. The molecular weight excluding hydrogens is 235 g/mol. The first-order valence-electron chi connectivity index (χ1n) is 5.25. The van der Waals surface area contributed by atoms with Crippen molar-refractivity contribution in [2.24, 2.45) is 0 Å². The third kappa shape index (κ3) is 2.97. The largest absolute Gasteiger partial charge is 0.396 e. The number of aromatic nitrogens is 1. The van der Waals surface area contributed by atoms with Crippen LogP contribution < -0.4 is 5.73 Å². The van der Waals surface area contributed by atoms with Gasteiger partial charge in [-0.1, -0.05) is 6.07 Å². The number of rotatable bonds is 3.